The molecule has 0 aliphatic carbocycles. The standard InChI is InChI=1S/C54H43N8O.Pt/c1-53(2,3)34-30-37(48(63)38(31-34)54(4,5)6)49-58-47-36(20-16-26-45(47)59(49)42-23-13-10-19-35(42)32-17-8-7-9-18-32)33-27-28-41-46(29-33)62-51-56-40-22-12-15-25-44(40)60(51)50-55-39-21-11-14-24-43(39)61(50)52(62)57-41;/h7-28,30-31,63H,1-6H3;/q-1;. The van der Waals surface area contributed by atoms with Crippen molar-refractivity contribution in [3.63, 3.8) is 0 Å². The van der Waals surface area contributed by atoms with Crippen LogP contribution in [0.4, 0.5) is 0 Å². The molecule has 1 N–H and O–H groups in total. The monoisotopic (exact) mass is 1010 g/mol. The molecule has 0 amide bonds. The van der Waals surface area contributed by atoms with Gasteiger partial charge in [-0.2, -0.15) is 0 Å². The van der Waals surface area contributed by atoms with Gasteiger partial charge in [-0.25, -0.2) is 23.8 Å². The fourth-order valence-electron chi connectivity index (χ4n) is 9.29. The van der Waals surface area contributed by atoms with E-state index < -0.39 is 0 Å². The molecule has 0 atom stereocenters. The number of hydrogen-bond donors (Lipinski definition) is 1. The first-order valence-electron chi connectivity index (χ1n) is 21.4. The molecule has 10 heteroatoms. The molecule has 0 bridgehead atoms. The van der Waals surface area contributed by atoms with Gasteiger partial charge in [-0.1, -0.05) is 138 Å². The minimum absolute atomic E-state index is 0. The Morgan fingerprint density at radius 1 is 0.500 bits per heavy atom. The number of benzene rings is 7. The van der Waals surface area contributed by atoms with Crippen LogP contribution >= 0.6 is 0 Å². The third-order valence-corrected chi connectivity index (χ3v) is 12.5. The van der Waals surface area contributed by atoms with Gasteiger partial charge in [0.1, 0.15) is 11.6 Å². The maximum Gasteiger partial charge on any atom is 0.225 e. The summed E-state index contributed by atoms with van der Waals surface area (Å²) in [7, 11) is 0. The first kappa shape index (κ1) is 39.7. The van der Waals surface area contributed by atoms with Crippen LogP contribution in [0.15, 0.2) is 146 Å². The first-order valence-corrected chi connectivity index (χ1v) is 21.4. The maximum atomic E-state index is 12.4. The molecule has 5 heterocycles. The van der Waals surface area contributed by atoms with Crippen LogP contribution in [0.25, 0.3) is 101 Å². The Kier molecular flexibility index (Phi) is 8.82. The summed E-state index contributed by atoms with van der Waals surface area (Å²) in [6.07, 6.45) is 0. The minimum Gasteiger partial charge on any atom is -0.507 e. The topological polar surface area (TPSA) is 90.0 Å². The zero-order valence-corrected chi connectivity index (χ0v) is 38.5. The van der Waals surface area contributed by atoms with Crippen molar-refractivity contribution in [1.29, 1.82) is 0 Å². The number of aromatic hydroxyl groups is 1. The number of rotatable bonds is 4. The van der Waals surface area contributed by atoms with Crippen molar-refractivity contribution in [2.75, 3.05) is 0 Å². The van der Waals surface area contributed by atoms with Crippen molar-refractivity contribution < 1.29 is 26.2 Å². The van der Waals surface area contributed by atoms with Crippen molar-refractivity contribution in [2.24, 2.45) is 0 Å². The predicted octanol–water partition coefficient (Wildman–Crippen LogP) is 12.5. The van der Waals surface area contributed by atoms with E-state index in [1.807, 2.05) is 42.5 Å². The Labute approximate surface area is 383 Å². The van der Waals surface area contributed by atoms with Gasteiger partial charge in [0.15, 0.2) is 0 Å². The van der Waals surface area contributed by atoms with Crippen LogP contribution in [0, 0.1) is 6.07 Å². The van der Waals surface area contributed by atoms with E-state index in [4.69, 9.17) is 19.9 Å². The van der Waals surface area contributed by atoms with E-state index in [9.17, 15) is 5.11 Å². The van der Waals surface area contributed by atoms with E-state index in [-0.39, 0.29) is 37.6 Å². The predicted molar refractivity (Wildman–Crippen MR) is 254 cm³/mol. The molecule has 0 radical (unpaired) electrons. The van der Waals surface area contributed by atoms with E-state index in [2.05, 4.69) is 169 Å². The molecule has 64 heavy (non-hydrogen) atoms. The number of para-hydroxylation sites is 6. The van der Waals surface area contributed by atoms with E-state index in [0.717, 1.165) is 89.0 Å². The summed E-state index contributed by atoms with van der Waals surface area (Å²) in [6, 6.07) is 53.8. The average molecular weight is 1020 g/mol. The number of hydrogen-bond acceptors (Lipinski definition) is 5. The Morgan fingerprint density at radius 2 is 1.08 bits per heavy atom. The van der Waals surface area contributed by atoms with Gasteiger partial charge in [0.2, 0.25) is 17.3 Å². The normalized spacial score (nSPS) is 12.5. The molecule has 0 fully saturated rings. The number of fused-ring (bicyclic) bond motifs is 13. The second kappa shape index (κ2) is 14.2. The molecule has 12 aromatic rings. The van der Waals surface area contributed by atoms with Crippen molar-refractivity contribution in [1.82, 2.24) is 37.7 Å². The van der Waals surface area contributed by atoms with Crippen LogP contribution in [0.1, 0.15) is 52.7 Å². The molecule has 0 aliphatic rings. The molecule has 7 aromatic carbocycles. The molecular formula is C54H43N8OPt-. The number of aromatic nitrogens is 8. The van der Waals surface area contributed by atoms with Crippen molar-refractivity contribution >= 4 is 61.5 Å². The van der Waals surface area contributed by atoms with Gasteiger partial charge >= 0.3 is 0 Å². The number of phenols is 1. The molecule has 0 saturated carbocycles. The third-order valence-electron chi connectivity index (χ3n) is 12.5. The largest absolute Gasteiger partial charge is 0.507 e. The van der Waals surface area contributed by atoms with Crippen molar-refractivity contribution in [2.45, 2.75) is 52.4 Å². The number of nitrogens with zero attached hydrogens (tertiary/aromatic N) is 8. The summed E-state index contributed by atoms with van der Waals surface area (Å²) >= 11 is 0. The van der Waals surface area contributed by atoms with Crippen LogP contribution in [0.2, 0.25) is 0 Å². The Bertz CT molecular complexity index is 3800. The molecule has 0 saturated heterocycles. The fourth-order valence-corrected chi connectivity index (χ4v) is 9.29. The fraction of sp³-hybridized carbons (Fsp3) is 0.148. The second-order valence-electron chi connectivity index (χ2n) is 18.6. The molecule has 5 aromatic heterocycles. The van der Waals surface area contributed by atoms with Gasteiger partial charge in [-0.3, -0.25) is 14.0 Å². The molecule has 0 spiro atoms. The van der Waals surface area contributed by atoms with E-state index in [1.165, 1.54) is 0 Å². The maximum absolute atomic E-state index is 12.4. The molecular weight excluding hydrogens is 972 g/mol. The minimum atomic E-state index is -0.330. The van der Waals surface area contributed by atoms with E-state index in [1.54, 1.807) is 0 Å². The van der Waals surface area contributed by atoms with Crippen molar-refractivity contribution in [3.8, 4) is 45.1 Å². The SMILES string of the molecule is CC(C)(C)c1cc(-c2nc3c(-c4[c-]c5c(cc4)nc4n5c5nc6ccccc6n5c5nc6ccccc6n45)cccc3n2-c2ccccc2-c2ccccc2)c(O)c(C(C)(C)C)c1.[Pt]. The quantitative estimate of drug-likeness (QED) is 0.177. The molecule has 0 unspecified atom stereocenters. The average Bonchev–Trinajstić information content (AvgIpc) is 4.05. The van der Waals surface area contributed by atoms with Crippen LogP contribution in [0.3, 0.4) is 0 Å². The smallest absolute Gasteiger partial charge is 0.225 e. The summed E-state index contributed by atoms with van der Waals surface area (Å²) in [5.41, 5.74) is 14.0. The molecule has 9 nitrogen and oxygen atoms in total. The Hall–Kier alpha value is -7.09. The summed E-state index contributed by atoms with van der Waals surface area (Å²) in [5.74, 6) is 3.05. The summed E-state index contributed by atoms with van der Waals surface area (Å²) in [6.45, 7) is 13.1. The summed E-state index contributed by atoms with van der Waals surface area (Å²) < 4.78 is 8.56. The number of phenolic OH excluding ortho intramolecular Hbond substituents is 1. The zero-order valence-electron chi connectivity index (χ0n) is 36.2. The third kappa shape index (κ3) is 5.87. The van der Waals surface area contributed by atoms with E-state index >= 15 is 0 Å². The number of imidazole rings is 4. The Morgan fingerprint density at radius 3 is 1.75 bits per heavy atom. The summed E-state index contributed by atoms with van der Waals surface area (Å²) in [5, 5.41) is 12.4. The van der Waals surface area contributed by atoms with E-state index in [0.29, 0.717) is 22.9 Å². The Balaban J connectivity index is 0.00000456. The van der Waals surface area contributed by atoms with Gasteiger partial charge < -0.3 is 5.11 Å². The van der Waals surface area contributed by atoms with Crippen LogP contribution in [-0.4, -0.2) is 42.8 Å². The van der Waals surface area contributed by atoms with Gasteiger partial charge in [0.25, 0.3) is 0 Å². The second-order valence-corrected chi connectivity index (χ2v) is 18.6. The van der Waals surface area contributed by atoms with Crippen LogP contribution < -0.4 is 0 Å². The van der Waals surface area contributed by atoms with Crippen LogP contribution in [0.5, 0.6) is 5.75 Å². The molecule has 0 aliphatic heterocycles. The van der Waals surface area contributed by atoms with Gasteiger partial charge in [-0.05, 0) is 69.9 Å². The first-order chi connectivity index (χ1) is 30.4. The van der Waals surface area contributed by atoms with Gasteiger partial charge in [0.05, 0.1) is 44.4 Å². The summed E-state index contributed by atoms with van der Waals surface area (Å²) in [4.78, 5) is 21.1. The molecule has 12 rings (SSSR count). The van der Waals surface area contributed by atoms with Gasteiger partial charge in [0, 0.05) is 37.7 Å². The van der Waals surface area contributed by atoms with Gasteiger partial charge in [-0.15, -0.1) is 23.8 Å². The zero-order chi connectivity index (χ0) is 42.9. The molecule has 316 valence electrons. The van der Waals surface area contributed by atoms with Crippen molar-refractivity contribution in [3.05, 3.63) is 163 Å². The van der Waals surface area contributed by atoms with Crippen LogP contribution in [-0.2, 0) is 31.9 Å².